The minimum Gasteiger partial charge on any atom is -0.507 e. The Bertz CT molecular complexity index is 623. The van der Waals surface area contributed by atoms with Gasteiger partial charge in [-0.1, -0.05) is 13.8 Å². The molecule has 1 aromatic carbocycles. The number of aromatic nitrogens is 1. The van der Waals surface area contributed by atoms with Crippen molar-refractivity contribution in [2.24, 2.45) is 0 Å². The van der Waals surface area contributed by atoms with Gasteiger partial charge in [-0.3, -0.25) is 10.1 Å². The molecule has 0 fully saturated rings. The summed E-state index contributed by atoms with van der Waals surface area (Å²) < 4.78 is 4.98. The number of methoxy groups -OCH3 is 1. The van der Waals surface area contributed by atoms with Gasteiger partial charge in [-0.25, -0.2) is 4.98 Å². The molecule has 6 heteroatoms. The Kier molecular flexibility index (Phi) is 4.24. The third-order valence-corrected chi connectivity index (χ3v) is 3.56. The number of hydrogen-bond donors (Lipinski definition) is 2. The quantitative estimate of drug-likeness (QED) is 0.907. The smallest absolute Gasteiger partial charge is 0.261 e. The molecule has 1 aromatic heterocycles. The fourth-order valence-corrected chi connectivity index (χ4v) is 2.47. The molecule has 106 valence electrons. The molecule has 0 bridgehead atoms. The van der Waals surface area contributed by atoms with Gasteiger partial charge in [0.1, 0.15) is 11.5 Å². The van der Waals surface area contributed by atoms with Crippen LogP contribution in [0.1, 0.15) is 35.8 Å². The fourth-order valence-electron chi connectivity index (χ4n) is 1.60. The number of carbonyl (C=O) groups is 1. The number of amides is 1. The number of nitrogens with zero attached hydrogens (tertiary/aromatic N) is 1. The van der Waals surface area contributed by atoms with Crippen molar-refractivity contribution < 1.29 is 14.6 Å². The van der Waals surface area contributed by atoms with Crippen molar-refractivity contribution in [1.29, 1.82) is 0 Å². The van der Waals surface area contributed by atoms with Crippen LogP contribution < -0.4 is 10.1 Å². The Hall–Kier alpha value is -2.08. The SMILES string of the molecule is COc1ccc(C(=O)Nc2nc(C(C)C)cs2)c(O)c1. The predicted octanol–water partition coefficient (Wildman–Crippen LogP) is 3.23. The summed E-state index contributed by atoms with van der Waals surface area (Å²) in [5, 5.41) is 14.9. The van der Waals surface area contributed by atoms with Gasteiger partial charge in [0.25, 0.3) is 5.91 Å². The summed E-state index contributed by atoms with van der Waals surface area (Å²) >= 11 is 1.37. The summed E-state index contributed by atoms with van der Waals surface area (Å²) in [5.41, 5.74) is 1.12. The summed E-state index contributed by atoms with van der Waals surface area (Å²) in [6.45, 7) is 4.08. The number of nitrogens with one attached hydrogen (secondary N) is 1. The maximum Gasteiger partial charge on any atom is 0.261 e. The van der Waals surface area contributed by atoms with Crippen molar-refractivity contribution in [1.82, 2.24) is 4.98 Å². The monoisotopic (exact) mass is 292 g/mol. The van der Waals surface area contributed by atoms with Crippen molar-refractivity contribution in [3.05, 3.63) is 34.8 Å². The van der Waals surface area contributed by atoms with Gasteiger partial charge in [0.15, 0.2) is 5.13 Å². The number of aromatic hydroxyl groups is 1. The van der Waals surface area contributed by atoms with Gasteiger partial charge in [-0.15, -0.1) is 11.3 Å². The van der Waals surface area contributed by atoms with Crippen LogP contribution >= 0.6 is 11.3 Å². The van der Waals surface area contributed by atoms with E-state index < -0.39 is 5.91 Å². The lowest BCUT2D eigenvalue weighted by atomic mass is 10.2. The Morgan fingerprint density at radius 1 is 1.45 bits per heavy atom. The lowest BCUT2D eigenvalue weighted by molar-refractivity contribution is 0.102. The van der Waals surface area contributed by atoms with E-state index in [9.17, 15) is 9.90 Å². The van der Waals surface area contributed by atoms with Crippen molar-refractivity contribution >= 4 is 22.4 Å². The highest BCUT2D eigenvalue weighted by atomic mass is 32.1. The second-order valence-corrected chi connectivity index (χ2v) is 5.43. The van der Waals surface area contributed by atoms with E-state index >= 15 is 0 Å². The average Bonchev–Trinajstić information content (AvgIpc) is 2.87. The van der Waals surface area contributed by atoms with E-state index in [2.05, 4.69) is 10.3 Å². The van der Waals surface area contributed by atoms with Crippen molar-refractivity contribution in [3.63, 3.8) is 0 Å². The zero-order valence-electron chi connectivity index (χ0n) is 11.5. The van der Waals surface area contributed by atoms with Crippen LogP contribution in [0.4, 0.5) is 5.13 Å². The zero-order chi connectivity index (χ0) is 14.7. The molecule has 5 nitrogen and oxygen atoms in total. The van der Waals surface area contributed by atoms with Crippen LogP contribution in [-0.2, 0) is 0 Å². The molecule has 0 radical (unpaired) electrons. The first-order chi connectivity index (χ1) is 9.51. The molecular weight excluding hydrogens is 276 g/mol. The number of rotatable bonds is 4. The first kappa shape index (κ1) is 14.3. The highest BCUT2D eigenvalue weighted by molar-refractivity contribution is 7.14. The Balaban J connectivity index is 2.15. The molecule has 1 heterocycles. The number of anilines is 1. The molecular formula is C14H16N2O3S. The van der Waals surface area contributed by atoms with Gasteiger partial charge in [-0.05, 0) is 18.1 Å². The highest BCUT2D eigenvalue weighted by Gasteiger charge is 2.14. The van der Waals surface area contributed by atoms with Crippen molar-refractivity contribution in [2.75, 3.05) is 12.4 Å². The summed E-state index contributed by atoms with van der Waals surface area (Å²) in [7, 11) is 1.50. The van der Waals surface area contributed by atoms with E-state index in [1.165, 1.54) is 30.6 Å². The van der Waals surface area contributed by atoms with Crippen LogP contribution in [0.5, 0.6) is 11.5 Å². The van der Waals surface area contributed by atoms with Crippen LogP contribution in [0.15, 0.2) is 23.6 Å². The third-order valence-electron chi connectivity index (χ3n) is 2.78. The molecule has 0 aliphatic carbocycles. The van der Waals surface area contributed by atoms with E-state index in [4.69, 9.17) is 4.74 Å². The largest absolute Gasteiger partial charge is 0.507 e. The Labute approximate surface area is 121 Å². The number of phenols is 1. The molecule has 0 saturated carbocycles. The number of ether oxygens (including phenoxy) is 1. The average molecular weight is 292 g/mol. The molecule has 0 atom stereocenters. The van der Waals surface area contributed by atoms with E-state index in [1.54, 1.807) is 6.07 Å². The van der Waals surface area contributed by atoms with E-state index in [-0.39, 0.29) is 11.3 Å². The van der Waals surface area contributed by atoms with Crippen molar-refractivity contribution in [2.45, 2.75) is 19.8 Å². The van der Waals surface area contributed by atoms with Crippen LogP contribution in [0.2, 0.25) is 0 Å². The summed E-state index contributed by atoms with van der Waals surface area (Å²) in [5.74, 6) is 0.291. The summed E-state index contributed by atoms with van der Waals surface area (Å²) in [4.78, 5) is 16.4. The molecule has 0 unspecified atom stereocenters. The third kappa shape index (κ3) is 3.08. The van der Waals surface area contributed by atoms with Crippen LogP contribution in [0.3, 0.4) is 0 Å². The highest BCUT2D eigenvalue weighted by Crippen LogP contribution is 2.26. The van der Waals surface area contributed by atoms with Crippen LogP contribution in [0.25, 0.3) is 0 Å². The molecule has 2 N–H and O–H groups in total. The number of carbonyl (C=O) groups excluding carboxylic acids is 1. The standard InChI is InChI=1S/C14H16N2O3S/c1-8(2)11-7-20-14(15-11)16-13(18)10-5-4-9(19-3)6-12(10)17/h4-8,17H,1-3H3,(H,15,16,18). The topological polar surface area (TPSA) is 71.5 Å². The van der Waals surface area contributed by atoms with Crippen molar-refractivity contribution in [3.8, 4) is 11.5 Å². The minimum absolute atomic E-state index is 0.123. The Morgan fingerprint density at radius 2 is 2.20 bits per heavy atom. The summed E-state index contributed by atoms with van der Waals surface area (Å²) in [6, 6.07) is 4.53. The number of hydrogen-bond acceptors (Lipinski definition) is 5. The number of thiazole rings is 1. The predicted molar refractivity (Wildman–Crippen MR) is 78.8 cm³/mol. The van der Waals surface area contributed by atoms with E-state index in [0.717, 1.165) is 5.69 Å². The van der Waals surface area contributed by atoms with Gasteiger partial charge in [0.2, 0.25) is 0 Å². The number of phenolic OH excluding ortho intramolecular Hbond substituents is 1. The normalized spacial score (nSPS) is 10.6. The second kappa shape index (κ2) is 5.92. The maximum atomic E-state index is 12.1. The van der Waals surface area contributed by atoms with Gasteiger partial charge in [0, 0.05) is 11.4 Å². The lowest BCUT2D eigenvalue weighted by Crippen LogP contribution is -2.12. The molecule has 0 spiro atoms. The molecule has 2 rings (SSSR count). The molecule has 2 aromatic rings. The number of benzene rings is 1. The van der Waals surface area contributed by atoms with Gasteiger partial charge >= 0.3 is 0 Å². The van der Waals surface area contributed by atoms with E-state index in [0.29, 0.717) is 16.8 Å². The van der Waals surface area contributed by atoms with Gasteiger partial charge in [0.05, 0.1) is 18.4 Å². The molecule has 0 aliphatic heterocycles. The molecule has 0 saturated heterocycles. The lowest BCUT2D eigenvalue weighted by Gasteiger charge is -2.06. The Morgan fingerprint density at radius 3 is 2.75 bits per heavy atom. The van der Waals surface area contributed by atoms with Gasteiger partial charge < -0.3 is 9.84 Å². The first-order valence-corrected chi connectivity index (χ1v) is 7.03. The fraction of sp³-hybridized carbons (Fsp3) is 0.286. The van der Waals surface area contributed by atoms with Crippen LogP contribution in [0, 0.1) is 0 Å². The zero-order valence-corrected chi connectivity index (χ0v) is 12.3. The van der Waals surface area contributed by atoms with E-state index in [1.807, 2.05) is 19.2 Å². The molecule has 1 amide bonds. The van der Waals surface area contributed by atoms with Gasteiger partial charge in [-0.2, -0.15) is 0 Å². The minimum atomic E-state index is -0.394. The first-order valence-electron chi connectivity index (χ1n) is 6.15. The molecule has 20 heavy (non-hydrogen) atoms. The summed E-state index contributed by atoms with van der Waals surface area (Å²) in [6.07, 6.45) is 0. The maximum absolute atomic E-state index is 12.1. The molecule has 0 aliphatic rings. The second-order valence-electron chi connectivity index (χ2n) is 4.57. The van der Waals surface area contributed by atoms with Crippen LogP contribution in [-0.4, -0.2) is 23.1 Å².